The molecule has 0 radical (unpaired) electrons. The molecule has 68 valence electrons. The molecular formula is C11H12O2. The molecule has 0 bridgehead atoms. The van der Waals surface area contributed by atoms with E-state index in [1.165, 1.54) is 0 Å². The molecule has 0 heterocycles. The molecule has 2 heteroatoms. The Kier molecular flexibility index (Phi) is 1.65. The Morgan fingerprint density at radius 1 is 1.46 bits per heavy atom. The second-order valence-corrected chi connectivity index (χ2v) is 3.79. The van der Waals surface area contributed by atoms with Gasteiger partial charge in [0.15, 0.2) is 0 Å². The van der Waals surface area contributed by atoms with Gasteiger partial charge in [-0.05, 0) is 25.8 Å². The molecule has 1 aliphatic carbocycles. The van der Waals surface area contributed by atoms with E-state index in [-0.39, 0.29) is 11.2 Å². The van der Waals surface area contributed by atoms with Crippen LogP contribution < -0.4 is 0 Å². The van der Waals surface area contributed by atoms with Crippen molar-refractivity contribution in [2.45, 2.75) is 25.2 Å². The van der Waals surface area contributed by atoms with Gasteiger partial charge in [0, 0.05) is 5.56 Å². The first-order chi connectivity index (χ1) is 6.18. The number of aromatic hydroxyl groups is 1. The van der Waals surface area contributed by atoms with Crippen LogP contribution in [0.2, 0.25) is 0 Å². The van der Waals surface area contributed by atoms with Crippen molar-refractivity contribution in [1.29, 1.82) is 0 Å². The number of carbonyl (C=O) groups is 1. The maximum Gasteiger partial charge on any atom is 0.130 e. The third kappa shape index (κ3) is 1.22. The minimum Gasteiger partial charge on any atom is -0.508 e. The zero-order valence-corrected chi connectivity index (χ0v) is 7.58. The van der Waals surface area contributed by atoms with Gasteiger partial charge in [-0.15, -0.1) is 0 Å². The zero-order chi connectivity index (χ0) is 9.47. The van der Waals surface area contributed by atoms with Crippen molar-refractivity contribution in [2.24, 2.45) is 0 Å². The molecule has 13 heavy (non-hydrogen) atoms. The number of rotatable bonds is 2. The molecule has 2 nitrogen and oxygen atoms in total. The minimum atomic E-state index is -0.365. The second-order valence-electron chi connectivity index (χ2n) is 3.79. The van der Waals surface area contributed by atoms with Gasteiger partial charge in [0.25, 0.3) is 0 Å². The van der Waals surface area contributed by atoms with Crippen LogP contribution in [0.4, 0.5) is 0 Å². The van der Waals surface area contributed by atoms with Crippen LogP contribution in [0.3, 0.4) is 0 Å². The summed E-state index contributed by atoms with van der Waals surface area (Å²) in [6, 6.07) is 5.41. The summed E-state index contributed by atoms with van der Waals surface area (Å²) < 4.78 is 0. The lowest BCUT2D eigenvalue weighted by molar-refractivity contribution is -0.109. The van der Waals surface area contributed by atoms with Gasteiger partial charge >= 0.3 is 0 Å². The lowest BCUT2D eigenvalue weighted by Gasteiger charge is -2.10. The maximum atomic E-state index is 10.8. The molecule has 0 atom stereocenters. The van der Waals surface area contributed by atoms with Crippen LogP contribution in [0.25, 0.3) is 0 Å². The third-order valence-electron chi connectivity index (χ3n) is 2.70. The number of aryl methyl sites for hydroxylation is 1. The van der Waals surface area contributed by atoms with Gasteiger partial charge in [-0.1, -0.05) is 17.7 Å². The average Bonchev–Trinajstić information content (AvgIpc) is 2.90. The number of hydrogen-bond acceptors (Lipinski definition) is 2. The maximum absolute atomic E-state index is 10.8. The molecule has 1 aromatic carbocycles. The number of hydrogen-bond donors (Lipinski definition) is 1. The van der Waals surface area contributed by atoms with Crippen LogP contribution in [-0.2, 0) is 10.2 Å². The summed E-state index contributed by atoms with van der Waals surface area (Å²) in [5.74, 6) is 0.246. The number of carbonyl (C=O) groups excluding carboxylic acids is 1. The smallest absolute Gasteiger partial charge is 0.130 e. The van der Waals surface area contributed by atoms with Crippen molar-refractivity contribution < 1.29 is 9.90 Å². The molecule has 1 aromatic rings. The van der Waals surface area contributed by atoms with Gasteiger partial charge in [0.2, 0.25) is 0 Å². The number of aldehydes is 1. The molecule has 0 unspecified atom stereocenters. The molecule has 1 N–H and O–H groups in total. The summed E-state index contributed by atoms with van der Waals surface area (Å²) in [4.78, 5) is 10.8. The standard InChI is InChI=1S/C11H12O2/c1-8-2-3-10(13)9(6-8)11(7-12)4-5-11/h2-3,6-7,13H,4-5H2,1H3. The lowest BCUT2D eigenvalue weighted by Crippen LogP contribution is -2.08. The van der Waals surface area contributed by atoms with E-state index in [4.69, 9.17) is 0 Å². The fraction of sp³-hybridized carbons (Fsp3) is 0.364. The Balaban J connectivity index is 2.50. The molecule has 0 aliphatic heterocycles. The van der Waals surface area contributed by atoms with Crippen molar-refractivity contribution in [3.05, 3.63) is 29.3 Å². The van der Waals surface area contributed by atoms with Crippen LogP contribution in [0.5, 0.6) is 5.75 Å². The van der Waals surface area contributed by atoms with E-state index in [2.05, 4.69) is 0 Å². The summed E-state index contributed by atoms with van der Waals surface area (Å²) in [7, 11) is 0. The first-order valence-corrected chi connectivity index (χ1v) is 4.44. The second kappa shape index (κ2) is 2.59. The van der Waals surface area contributed by atoms with Gasteiger partial charge in [0.05, 0.1) is 5.41 Å². The molecule has 1 fully saturated rings. The van der Waals surface area contributed by atoms with Crippen LogP contribution in [0.1, 0.15) is 24.0 Å². The topological polar surface area (TPSA) is 37.3 Å². The Morgan fingerprint density at radius 2 is 2.15 bits per heavy atom. The molecule has 0 amide bonds. The average molecular weight is 176 g/mol. The fourth-order valence-corrected chi connectivity index (χ4v) is 1.63. The highest BCUT2D eigenvalue weighted by atomic mass is 16.3. The highest BCUT2D eigenvalue weighted by molar-refractivity contribution is 5.75. The Bertz CT molecular complexity index is 351. The zero-order valence-electron chi connectivity index (χ0n) is 7.58. The summed E-state index contributed by atoms with van der Waals surface area (Å²) in [6.07, 6.45) is 2.70. The third-order valence-corrected chi connectivity index (χ3v) is 2.70. The number of benzene rings is 1. The van der Waals surface area contributed by atoms with Gasteiger partial charge in [-0.2, -0.15) is 0 Å². The SMILES string of the molecule is Cc1ccc(O)c(C2(C=O)CC2)c1. The van der Waals surface area contributed by atoms with Crippen molar-refractivity contribution in [1.82, 2.24) is 0 Å². The molecule has 0 saturated heterocycles. The van der Waals surface area contributed by atoms with Crippen molar-refractivity contribution in [3.63, 3.8) is 0 Å². The van der Waals surface area contributed by atoms with Crippen molar-refractivity contribution in [2.75, 3.05) is 0 Å². The number of phenolic OH excluding ortho intramolecular Hbond substituents is 1. The van der Waals surface area contributed by atoms with E-state index in [1.807, 2.05) is 19.1 Å². The van der Waals surface area contributed by atoms with E-state index < -0.39 is 0 Å². The van der Waals surface area contributed by atoms with Crippen LogP contribution >= 0.6 is 0 Å². The Morgan fingerprint density at radius 3 is 2.69 bits per heavy atom. The van der Waals surface area contributed by atoms with Crippen LogP contribution in [0, 0.1) is 6.92 Å². The quantitative estimate of drug-likeness (QED) is 0.699. The highest BCUT2D eigenvalue weighted by Gasteiger charge is 2.45. The summed E-state index contributed by atoms with van der Waals surface area (Å²) in [6.45, 7) is 1.96. The van der Waals surface area contributed by atoms with Crippen LogP contribution in [0.15, 0.2) is 18.2 Å². The van der Waals surface area contributed by atoms with E-state index in [1.54, 1.807) is 6.07 Å². The van der Waals surface area contributed by atoms with E-state index >= 15 is 0 Å². The van der Waals surface area contributed by atoms with Crippen LogP contribution in [-0.4, -0.2) is 11.4 Å². The van der Waals surface area contributed by atoms with Gasteiger partial charge in [0.1, 0.15) is 12.0 Å². The largest absolute Gasteiger partial charge is 0.508 e. The molecule has 1 aliphatic rings. The normalized spacial score (nSPS) is 18.2. The first kappa shape index (κ1) is 8.30. The summed E-state index contributed by atoms with van der Waals surface area (Å²) in [5.41, 5.74) is 1.51. The van der Waals surface area contributed by atoms with E-state index in [9.17, 15) is 9.90 Å². The Hall–Kier alpha value is -1.31. The molecule has 1 saturated carbocycles. The molecular weight excluding hydrogens is 164 g/mol. The predicted octanol–water partition coefficient (Wildman–Crippen LogP) is 1.93. The van der Waals surface area contributed by atoms with Crippen molar-refractivity contribution >= 4 is 6.29 Å². The first-order valence-electron chi connectivity index (χ1n) is 4.44. The summed E-state index contributed by atoms with van der Waals surface area (Å²) in [5, 5.41) is 9.58. The number of phenols is 1. The summed E-state index contributed by atoms with van der Waals surface area (Å²) >= 11 is 0. The van der Waals surface area contributed by atoms with E-state index in [0.717, 1.165) is 30.3 Å². The van der Waals surface area contributed by atoms with Gasteiger partial charge in [-0.25, -0.2) is 0 Å². The predicted molar refractivity (Wildman–Crippen MR) is 49.8 cm³/mol. The van der Waals surface area contributed by atoms with E-state index in [0.29, 0.717) is 0 Å². The molecule has 2 rings (SSSR count). The monoisotopic (exact) mass is 176 g/mol. The molecule has 0 aromatic heterocycles. The highest BCUT2D eigenvalue weighted by Crippen LogP contribution is 2.49. The lowest BCUT2D eigenvalue weighted by atomic mass is 9.95. The van der Waals surface area contributed by atoms with Gasteiger partial charge in [-0.3, -0.25) is 0 Å². The molecule has 0 spiro atoms. The fourth-order valence-electron chi connectivity index (χ4n) is 1.63. The van der Waals surface area contributed by atoms with Crippen molar-refractivity contribution in [3.8, 4) is 5.75 Å². The minimum absolute atomic E-state index is 0.246. The van der Waals surface area contributed by atoms with Gasteiger partial charge < -0.3 is 9.90 Å². The Labute approximate surface area is 77.2 Å².